The number of aryl methyl sites for hydroxylation is 1. The molecule has 0 atom stereocenters. The Labute approximate surface area is 104 Å². The van der Waals surface area contributed by atoms with Gasteiger partial charge in [-0.05, 0) is 48.1 Å². The highest BCUT2D eigenvalue weighted by atomic mass is 14.1. The monoisotopic (exact) mass is 222 g/mol. The van der Waals surface area contributed by atoms with Crippen LogP contribution in [0.15, 0.2) is 55.1 Å². The van der Waals surface area contributed by atoms with Gasteiger partial charge in [-0.2, -0.15) is 0 Å². The van der Waals surface area contributed by atoms with Crippen molar-refractivity contribution in [1.29, 1.82) is 0 Å². The van der Waals surface area contributed by atoms with E-state index in [2.05, 4.69) is 62.9 Å². The van der Waals surface area contributed by atoms with Crippen LogP contribution in [0, 0.1) is 13.8 Å². The second kappa shape index (κ2) is 5.01. The van der Waals surface area contributed by atoms with Crippen molar-refractivity contribution in [3.8, 4) is 0 Å². The van der Waals surface area contributed by atoms with Gasteiger partial charge in [0.1, 0.15) is 0 Å². The summed E-state index contributed by atoms with van der Waals surface area (Å²) < 4.78 is 0. The van der Waals surface area contributed by atoms with Crippen LogP contribution in [0.1, 0.15) is 22.3 Å². The van der Waals surface area contributed by atoms with Crippen molar-refractivity contribution < 1.29 is 0 Å². The third kappa shape index (κ3) is 2.65. The molecule has 0 unspecified atom stereocenters. The van der Waals surface area contributed by atoms with Crippen molar-refractivity contribution in [2.24, 2.45) is 0 Å². The SMILES string of the molecule is C=C(Cc1ccccc1)c1cccc(C)c1C. The number of hydrogen-bond donors (Lipinski definition) is 0. The van der Waals surface area contributed by atoms with Crippen LogP contribution in [-0.2, 0) is 6.42 Å². The van der Waals surface area contributed by atoms with E-state index < -0.39 is 0 Å². The lowest BCUT2D eigenvalue weighted by Gasteiger charge is -2.11. The fraction of sp³-hybridized carbons (Fsp3) is 0.176. The molecule has 0 fully saturated rings. The third-order valence-electron chi connectivity index (χ3n) is 3.25. The Morgan fingerprint density at radius 2 is 1.65 bits per heavy atom. The fourth-order valence-electron chi connectivity index (χ4n) is 2.07. The van der Waals surface area contributed by atoms with E-state index >= 15 is 0 Å². The maximum absolute atomic E-state index is 4.22. The van der Waals surface area contributed by atoms with Crippen molar-refractivity contribution in [2.75, 3.05) is 0 Å². The topological polar surface area (TPSA) is 0 Å². The molecule has 0 aliphatic carbocycles. The van der Waals surface area contributed by atoms with Crippen LogP contribution >= 0.6 is 0 Å². The smallest absolute Gasteiger partial charge is 0.00256 e. The van der Waals surface area contributed by atoms with Crippen molar-refractivity contribution in [3.05, 3.63) is 77.4 Å². The first kappa shape index (κ1) is 11.7. The standard InChI is InChI=1S/C17H18/c1-13-8-7-11-17(15(13)3)14(2)12-16-9-5-4-6-10-16/h4-11H,2,12H2,1,3H3. The first-order valence-electron chi connectivity index (χ1n) is 5.97. The van der Waals surface area contributed by atoms with Gasteiger partial charge in [0.2, 0.25) is 0 Å². The van der Waals surface area contributed by atoms with E-state index in [1.807, 2.05) is 6.07 Å². The summed E-state index contributed by atoms with van der Waals surface area (Å²) in [5, 5.41) is 0. The van der Waals surface area contributed by atoms with Gasteiger partial charge in [0.05, 0.1) is 0 Å². The van der Waals surface area contributed by atoms with Crippen molar-refractivity contribution in [2.45, 2.75) is 20.3 Å². The molecular weight excluding hydrogens is 204 g/mol. The maximum Gasteiger partial charge on any atom is -0.00256 e. The summed E-state index contributed by atoms with van der Waals surface area (Å²) in [4.78, 5) is 0. The molecule has 2 aromatic rings. The molecule has 0 saturated heterocycles. The lowest BCUT2D eigenvalue weighted by atomic mass is 9.94. The van der Waals surface area contributed by atoms with Gasteiger partial charge in [0.25, 0.3) is 0 Å². The Morgan fingerprint density at radius 1 is 0.941 bits per heavy atom. The van der Waals surface area contributed by atoms with Crippen LogP contribution in [-0.4, -0.2) is 0 Å². The molecule has 0 spiro atoms. The Kier molecular flexibility index (Phi) is 3.43. The second-order valence-corrected chi connectivity index (χ2v) is 4.51. The molecule has 0 aliphatic rings. The Bertz CT molecular complexity index is 521. The van der Waals surface area contributed by atoms with E-state index in [0.29, 0.717) is 0 Å². The number of hydrogen-bond acceptors (Lipinski definition) is 0. The Hall–Kier alpha value is -1.82. The van der Waals surface area contributed by atoms with E-state index in [-0.39, 0.29) is 0 Å². The van der Waals surface area contributed by atoms with E-state index in [0.717, 1.165) is 6.42 Å². The molecule has 2 rings (SSSR count). The largest absolute Gasteiger partial charge is 0.0949 e. The van der Waals surface area contributed by atoms with Gasteiger partial charge < -0.3 is 0 Å². The van der Waals surface area contributed by atoms with Gasteiger partial charge in [0.15, 0.2) is 0 Å². The molecule has 2 aromatic carbocycles. The average Bonchev–Trinajstić information content (AvgIpc) is 2.34. The summed E-state index contributed by atoms with van der Waals surface area (Å²) in [6.45, 7) is 8.54. The molecule has 0 aliphatic heterocycles. The zero-order valence-corrected chi connectivity index (χ0v) is 10.5. The predicted molar refractivity (Wildman–Crippen MR) is 75.1 cm³/mol. The molecule has 0 N–H and O–H groups in total. The van der Waals surface area contributed by atoms with Crippen LogP contribution < -0.4 is 0 Å². The fourth-order valence-corrected chi connectivity index (χ4v) is 2.07. The van der Waals surface area contributed by atoms with Crippen LogP contribution in [0.4, 0.5) is 0 Å². The molecule has 0 amide bonds. The van der Waals surface area contributed by atoms with Gasteiger partial charge in [0, 0.05) is 0 Å². The first-order chi connectivity index (χ1) is 8.18. The lowest BCUT2D eigenvalue weighted by molar-refractivity contribution is 1.25. The summed E-state index contributed by atoms with van der Waals surface area (Å²) in [7, 11) is 0. The maximum atomic E-state index is 4.22. The summed E-state index contributed by atoms with van der Waals surface area (Å²) >= 11 is 0. The molecule has 0 heterocycles. The molecule has 0 saturated carbocycles. The first-order valence-corrected chi connectivity index (χ1v) is 5.97. The van der Waals surface area contributed by atoms with E-state index in [1.54, 1.807) is 0 Å². The summed E-state index contributed by atoms with van der Waals surface area (Å²) in [5.41, 5.74) is 6.47. The van der Waals surface area contributed by atoms with Crippen LogP contribution in [0.3, 0.4) is 0 Å². The van der Waals surface area contributed by atoms with E-state index in [4.69, 9.17) is 0 Å². The second-order valence-electron chi connectivity index (χ2n) is 4.51. The number of rotatable bonds is 3. The van der Waals surface area contributed by atoms with Crippen molar-refractivity contribution in [3.63, 3.8) is 0 Å². The van der Waals surface area contributed by atoms with Gasteiger partial charge in [-0.3, -0.25) is 0 Å². The molecule has 0 aromatic heterocycles. The van der Waals surface area contributed by atoms with Crippen LogP contribution in [0.2, 0.25) is 0 Å². The minimum Gasteiger partial charge on any atom is -0.0949 e. The summed E-state index contributed by atoms with van der Waals surface area (Å²) in [6, 6.07) is 16.9. The van der Waals surface area contributed by atoms with Gasteiger partial charge >= 0.3 is 0 Å². The quantitative estimate of drug-likeness (QED) is 0.714. The minimum atomic E-state index is 0.922. The highest BCUT2D eigenvalue weighted by Gasteiger charge is 2.05. The zero-order valence-electron chi connectivity index (χ0n) is 10.5. The lowest BCUT2D eigenvalue weighted by Crippen LogP contribution is -1.94. The van der Waals surface area contributed by atoms with Crippen molar-refractivity contribution >= 4 is 5.57 Å². The highest BCUT2D eigenvalue weighted by molar-refractivity contribution is 5.69. The van der Waals surface area contributed by atoms with Crippen LogP contribution in [0.5, 0.6) is 0 Å². The number of allylic oxidation sites excluding steroid dienone is 1. The average molecular weight is 222 g/mol. The normalized spacial score (nSPS) is 10.2. The summed E-state index contributed by atoms with van der Waals surface area (Å²) in [5.74, 6) is 0. The Balaban J connectivity index is 2.24. The molecule has 0 nitrogen and oxygen atoms in total. The van der Waals surface area contributed by atoms with Gasteiger partial charge in [-0.1, -0.05) is 55.1 Å². The predicted octanol–water partition coefficient (Wildman–Crippen LogP) is 4.56. The molecule has 0 bridgehead atoms. The molecule has 0 radical (unpaired) electrons. The molecule has 86 valence electrons. The van der Waals surface area contributed by atoms with E-state index in [9.17, 15) is 0 Å². The molecular formula is C17H18. The molecule has 17 heavy (non-hydrogen) atoms. The van der Waals surface area contributed by atoms with Crippen LogP contribution in [0.25, 0.3) is 5.57 Å². The van der Waals surface area contributed by atoms with Crippen molar-refractivity contribution in [1.82, 2.24) is 0 Å². The minimum absolute atomic E-state index is 0.922. The number of benzene rings is 2. The zero-order chi connectivity index (χ0) is 12.3. The van der Waals surface area contributed by atoms with Gasteiger partial charge in [-0.25, -0.2) is 0 Å². The van der Waals surface area contributed by atoms with E-state index in [1.165, 1.54) is 27.8 Å². The molecule has 0 heteroatoms. The highest BCUT2D eigenvalue weighted by Crippen LogP contribution is 2.23. The summed E-state index contributed by atoms with van der Waals surface area (Å²) in [6.07, 6.45) is 0.922. The van der Waals surface area contributed by atoms with Gasteiger partial charge in [-0.15, -0.1) is 0 Å². The third-order valence-corrected chi connectivity index (χ3v) is 3.25. The Morgan fingerprint density at radius 3 is 2.35 bits per heavy atom.